The largest absolute Gasteiger partial charge is 0.497 e. The van der Waals surface area contributed by atoms with E-state index in [2.05, 4.69) is 47.6 Å². The Hall–Kier alpha value is -2.48. The van der Waals surface area contributed by atoms with E-state index in [0.29, 0.717) is 23.3 Å². The fraction of sp³-hybridized carbons (Fsp3) is 0.440. The standard InChI is InChI=1S/C25H32N4O2S/c1-18(2)22-8-4-5-9-23(22)29-24(20-10-12-21(31-3)13-11-20)26-28(25(29)32)17-27-14-6-7-19(15-27)16-30/h4-5,8-13,18-19,30H,6-7,14-17H2,1-3H3/t19-/m1/s1. The SMILES string of the molecule is COc1ccc(-c2nn(CN3CCC[C@@H](CO)C3)c(=S)n2-c2ccccc2C(C)C)cc1. The van der Waals surface area contributed by atoms with E-state index in [0.717, 1.165) is 48.8 Å². The number of benzene rings is 2. The molecule has 3 aromatic rings. The molecule has 0 amide bonds. The van der Waals surface area contributed by atoms with Crippen LogP contribution in [0.25, 0.3) is 17.1 Å². The van der Waals surface area contributed by atoms with Gasteiger partial charge in [-0.05, 0) is 79.3 Å². The highest BCUT2D eigenvalue weighted by Crippen LogP contribution is 2.29. The molecule has 4 rings (SSSR count). The van der Waals surface area contributed by atoms with Crippen LogP contribution >= 0.6 is 12.2 Å². The van der Waals surface area contributed by atoms with E-state index in [1.807, 2.05) is 28.9 Å². The van der Waals surface area contributed by atoms with Crippen molar-refractivity contribution in [2.45, 2.75) is 39.3 Å². The van der Waals surface area contributed by atoms with Crippen molar-refractivity contribution in [1.82, 2.24) is 19.2 Å². The van der Waals surface area contributed by atoms with Gasteiger partial charge in [-0.15, -0.1) is 5.10 Å². The van der Waals surface area contributed by atoms with Crippen molar-refractivity contribution in [1.29, 1.82) is 0 Å². The second-order valence-corrected chi connectivity index (χ2v) is 9.16. The first-order valence-corrected chi connectivity index (χ1v) is 11.7. The minimum atomic E-state index is 0.231. The zero-order valence-corrected chi connectivity index (χ0v) is 19.9. The third kappa shape index (κ3) is 4.65. The summed E-state index contributed by atoms with van der Waals surface area (Å²) in [6.07, 6.45) is 2.16. The molecule has 1 aliphatic heterocycles. The molecule has 1 saturated heterocycles. The molecule has 1 atom stereocenters. The topological polar surface area (TPSA) is 55.4 Å². The molecule has 0 radical (unpaired) electrons. The van der Waals surface area contributed by atoms with E-state index in [9.17, 15) is 5.11 Å². The first kappa shape index (κ1) is 22.7. The molecule has 1 N–H and O–H groups in total. The minimum absolute atomic E-state index is 0.231. The van der Waals surface area contributed by atoms with Gasteiger partial charge in [-0.3, -0.25) is 9.47 Å². The quantitative estimate of drug-likeness (QED) is 0.519. The van der Waals surface area contributed by atoms with Crippen LogP contribution in [0.5, 0.6) is 5.75 Å². The molecule has 170 valence electrons. The Morgan fingerprint density at radius 1 is 1.16 bits per heavy atom. The van der Waals surface area contributed by atoms with Gasteiger partial charge in [0, 0.05) is 18.7 Å². The van der Waals surface area contributed by atoms with Gasteiger partial charge in [-0.1, -0.05) is 32.0 Å². The molecule has 1 fully saturated rings. The summed E-state index contributed by atoms with van der Waals surface area (Å²) in [4.78, 5) is 2.34. The Balaban J connectivity index is 1.81. The van der Waals surface area contributed by atoms with Crippen molar-refractivity contribution < 1.29 is 9.84 Å². The van der Waals surface area contributed by atoms with E-state index in [1.165, 1.54) is 5.56 Å². The van der Waals surface area contributed by atoms with E-state index in [4.69, 9.17) is 22.1 Å². The molecule has 32 heavy (non-hydrogen) atoms. The molecule has 0 aliphatic carbocycles. The summed E-state index contributed by atoms with van der Waals surface area (Å²) in [5.74, 6) is 2.31. The maximum absolute atomic E-state index is 9.62. The summed E-state index contributed by atoms with van der Waals surface area (Å²) < 4.78 is 10.0. The van der Waals surface area contributed by atoms with Gasteiger partial charge in [0.1, 0.15) is 5.75 Å². The number of aromatic nitrogens is 3. The third-order valence-corrected chi connectivity index (χ3v) is 6.58. The lowest BCUT2D eigenvalue weighted by Gasteiger charge is -2.31. The smallest absolute Gasteiger partial charge is 0.204 e. The Kier molecular flexibility index (Phi) is 7.08. The van der Waals surface area contributed by atoms with Gasteiger partial charge in [0.25, 0.3) is 0 Å². The van der Waals surface area contributed by atoms with Crippen LogP contribution in [0.2, 0.25) is 0 Å². The van der Waals surface area contributed by atoms with Gasteiger partial charge >= 0.3 is 0 Å². The molecule has 2 aromatic carbocycles. The molecule has 1 aromatic heterocycles. The number of rotatable bonds is 7. The van der Waals surface area contributed by atoms with Gasteiger partial charge in [0.05, 0.1) is 19.5 Å². The molecule has 2 heterocycles. The highest BCUT2D eigenvalue weighted by Gasteiger charge is 2.22. The molecule has 0 unspecified atom stereocenters. The summed E-state index contributed by atoms with van der Waals surface area (Å²) in [7, 11) is 1.67. The van der Waals surface area contributed by atoms with Crippen LogP contribution in [0.4, 0.5) is 0 Å². The molecule has 6 nitrogen and oxygen atoms in total. The number of hydrogen-bond donors (Lipinski definition) is 1. The lowest BCUT2D eigenvalue weighted by Crippen LogP contribution is -2.38. The number of hydrogen-bond acceptors (Lipinski definition) is 5. The molecule has 0 saturated carbocycles. The third-order valence-electron chi connectivity index (χ3n) is 6.18. The predicted molar refractivity (Wildman–Crippen MR) is 130 cm³/mol. The van der Waals surface area contributed by atoms with Crippen molar-refractivity contribution >= 4 is 12.2 Å². The van der Waals surface area contributed by atoms with Crippen LogP contribution in [-0.2, 0) is 6.67 Å². The molecule has 0 bridgehead atoms. The second-order valence-electron chi connectivity index (χ2n) is 8.79. The van der Waals surface area contributed by atoms with E-state index in [1.54, 1.807) is 7.11 Å². The van der Waals surface area contributed by atoms with Gasteiger partial charge in [-0.25, -0.2) is 4.68 Å². The highest BCUT2D eigenvalue weighted by molar-refractivity contribution is 7.71. The number of methoxy groups -OCH3 is 1. The van der Waals surface area contributed by atoms with Crippen molar-refractivity contribution in [2.75, 3.05) is 26.8 Å². The molecular formula is C25H32N4O2S. The number of aliphatic hydroxyl groups is 1. The van der Waals surface area contributed by atoms with Crippen LogP contribution in [0.1, 0.15) is 38.2 Å². The molecule has 1 aliphatic rings. The Morgan fingerprint density at radius 3 is 2.59 bits per heavy atom. The number of ether oxygens (including phenoxy) is 1. The zero-order valence-electron chi connectivity index (χ0n) is 19.1. The van der Waals surface area contributed by atoms with Crippen LogP contribution in [0, 0.1) is 10.7 Å². The van der Waals surface area contributed by atoms with Crippen molar-refractivity contribution in [2.24, 2.45) is 5.92 Å². The predicted octanol–water partition coefficient (Wildman–Crippen LogP) is 4.86. The summed E-state index contributed by atoms with van der Waals surface area (Å²) >= 11 is 5.98. The van der Waals surface area contributed by atoms with Crippen molar-refractivity contribution in [3.05, 3.63) is 58.9 Å². The second kappa shape index (κ2) is 9.98. The normalized spacial score (nSPS) is 17.1. The van der Waals surface area contributed by atoms with Crippen LogP contribution < -0.4 is 4.74 Å². The lowest BCUT2D eigenvalue weighted by atomic mass is 10.00. The number of likely N-dealkylation sites (tertiary alicyclic amines) is 1. The van der Waals surface area contributed by atoms with Gasteiger partial charge in [0.15, 0.2) is 5.82 Å². The van der Waals surface area contributed by atoms with Crippen LogP contribution in [-0.4, -0.2) is 51.2 Å². The summed E-state index contributed by atoms with van der Waals surface area (Å²) in [5, 5.41) is 14.6. The van der Waals surface area contributed by atoms with Crippen LogP contribution in [0.15, 0.2) is 48.5 Å². The minimum Gasteiger partial charge on any atom is -0.497 e. The van der Waals surface area contributed by atoms with Gasteiger partial charge < -0.3 is 9.84 Å². The summed E-state index contributed by atoms with van der Waals surface area (Å²) in [5.41, 5.74) is 3.29. The first-order chi connectivity index (χ1) is 15.5. The van der Waals surface area contributed by atoms with E-state index >= 15 is 0 Å². The summed E-state index contributed by atoms with van der Waals surface area (Å²) in [6.45, 7) is 7.10. The Labute approximate surface area is 195 Å². The van der Waals surface area contributed by atoms with Crippen molar-refractivity contribution in [3.8, 4) is 22.8 Å². The number of para-hydroxylation sites is 1. The van der Waals surface area contributed by atoms with E-state index in [-0.39, 0.29) is 6.61 Å². The highest BCUT2D eigenvalue weighted by atomic mass is 32.1. The Morgan fingerprint density at radius 2 is 1.91 bits per heavy atom. The summed E-state index contributed by atoms with van der Waals surface area (Å²) in [6, 6.07) is 16.4. The number of piperidine rings is 1. The van der Waals surface area contributed by atoms with Gasteiger partial charge in [0.2, 0.25) is 4.77 Å². The molecule has 7 heteroatoms. The zero-order chi connectivity index (χ0) is 22.7. The van der Waals surface area contributed by atoms with Crippen molar-refractivity contribution in [3.63, 3.8) is 0 Å². The maximum Gasteiger partial charge on any atom is 0.204 e. The fourth-order valence-corrected chi connectivity index (χ4v) is 4.72. The first-order valence-electron chi connectivity index (χ1n) is 11.3. The van der Waals surface area contributed by atoms with E-state index < -0.39 is 0 Å². The maximum atomic E-state index is 9.62. The monoisotopic (exact) mass is 452 g/mol. The van der Waals surface area contributed by atoms with Crippen LogP contribution in [0.3, 0.4) is 0 Å². The fourth-order valence-electron chi connectivity index (χ4n) is 4.44. The average molecular weight is 453 g/mol. The van der Waals surface area contributed by atoms with Gasteiger partial charge in [-0.2, -0.15) is 0 Å². The average Bonchev–Trinajstić information content (AvgIpc) is 3.14. The number of nitrogens with zero attached hydrogens (tertiary/aromatic N) is 4. The number of aliphatic hydroxyl groups excluding tert-OH is 1. The lowest BCUT2D eigenvalue weighted by molar-refractivity contribution is 0.0939. The Bertz CT molecular complexity index is 1100. The molecule has 0 spiro atoms. The molecular weight excluding hydrogens is 420 g/mol.